The highest BCUT2D eigenvalue weighted by atomic mass is 32.1. The van der Waals surface area contributed by atoms with Crippen molar-refractivity contribution in [1.29, 1.82) is 0 Å². The molecule has 0 aliphatic heterocycles. The van der Waals surface area contributed by atoms with Gasteiger partial charge in [0.05, 0.1) is 0 Å². The Balaban J connectivity index is 2.77. The Bertz CT molecular complexity index is 323. The van der Waals surface area contributed by atoms with Gasteiger partial charge in [0.25, 0.3) is 0 Å². The van der Waals surface area contributed by atoms with Crippen LogP contribution >= 0.6 is 11.3 Å². The van der Waals surface area contributed by atoms with E-state index >= 15 is 0 Å². The summed E-state index contributed by atoms with van der Waals surface area (Å²) in [4.78, 5) is 24.1. The van der Waals surface area contributed by atoms with Crippen LogP contribution in [0.3, 0.4) is 0 Å². The number of amides is 1. The highest BCUT2D eigenvalue weighted by Gasteiger charge is 2.09. The molecule has 1 N–H and O–H groups in total. The molecule has 1 rings (SSSR count). The lowest BCUT2D eigenvalue weighted by atomic mass is 10.5. The van der Waals surface area contributed by atoms with E-state index < -0.39 is 6.04 Å². The van der Waals surface area contributed by atoms with Crippen LogP contribution in [0.2, 0.25) is 0 Å². The van der Waals surface area contributed by atoms with Crippen molar-refractivity contribution >= 4 is 28.4 Å². The summed E-state index contributed by atoms with van der Waals surface area (Å²) in [7, 11) is 0. The van der Waals surface area contributed by atoms with Crippen LogP contribution in [0.5, 0.6) is 0 Å². The highest BCUT2D eigenvalue weighted by Crippen LogP contribution is 2.15. The van der Waals surface area contributed by atoms with E-state index in [9.17, 15) is 14.0 Å². The first-order valence-corrected chi connectivity index (χ1v) is 3.90. The molecule has 0 saturated carbocycles. The van der Waals surface area contributed by atoms with E-state index in [2.05, 4.69) is 10.3 Å². The number of hydrogen-bond acceptors (Lipinski definition) is 4. The van der Waals surface area contributed by atoms with Crippen LogP contribution in [0.15, 0.2) is 5.38 Å². The average Bonchev–Trinajstić information content (AvgIpc) is 2.34. The molecule has 0 unspecified atom stereocenters. The van der Waals surface area contributed by atoms with Crippen molar-refractivity contribution in [3.8, 4) is 0 Å². The lowest BCUT2D eigenvalue weighted by molar-refractivity contribution is -0.114. The standard InChI is InChI=1S/C6H5FN2O2S/c1-3(10)8-6-9-4(2-12-6)5(7)11/h2H,1H3,(H,8,9,10). The predicted molar refractivity (Wildman–Crippen MR) is 41.9 cm³/mol. The number of carbonyl (C=O) groups is 2. The molecule has 0 atom stereocenters. The van der Waals surface area contributed by atoms with Gasteiger partial charge < -0.3 is 5.32 Å². The fourth-order valence-electron chi connectivity index (χ4n) is 0.572. The van der Waals surface area contributed by atoms with Gasteiger partial charge in [-0.15, -0.1) is 11.3 Å². The van der Waals surface area contributed by atoms with Crippen LogP contribution in [0.25, 0.3) is 0 Å². The summed E-state index contributed by atoms with van der Waals surface area (Å²) >= 11 is 1.00. The molecule has 0 aliphatic rings. The van der Waals surface area contributed by atoms with Crippen molar-refractivity contribution in [2.24, 2.45) is 0 Å². The minimum Gasteiger partial charge on any atom is -0.302 e. The summed E-state index contributed by atoms with van der Waals surface area (Å²) in [6.07, 6.45) is 0. The molecule has 1 aromatic heterocycles. The molecular weight excluding hydrogens is 183 g/mol. The second-order valence-corrected chi connectivity index (χ2v) is 2.85. The summed E-state index contributed by atoms with van der Waals surface area (Å²) in [5.41, 5.74) is -0.274. The van der Waals surface area contributed by atoms with Crippen LogP contribution in [0.4, 0.5) is 9.52 Å². The number of carbonyl (C=O) groups excluding carboxylic acids is 2. The summed E-state index contributed by atoms with van der Waals surface area (Å²) < 4.78 is 12.0. The molecule has 0 aromatic carbocycles. The van der Waals surface area contributed by atoms with Crippen LogP contribution in [-0.2, 0) is 4.79 Å². The van der Waals surface area contributed by atoms with Crippen LogP contribution in [-0.4, -0.2) is 16.9 Å². The lowest BCUT2D eigenvalue weighted by Crippen LogP contribution is -2.05. The maximum atomic E-state index is 12.0. The van der Waals surface area contributed by atoms with Crippen LogP contribution < -0.4 is 5.32 Å². The number of anilines is 1. The molecule has 0 saturated heterocycles. The summed E-state index contributed by atoms with van der Waals surface area (Å²) in [5, 5.41) is 3.80. The Hall–Kier alpha value is -1.30. The Labute approximate surface area is 71.4 Å². The third-order valence-corrected chi connectivity index (χ3v) is 1.75. The normalized spacial score (nSPS) is 9.50. The summed E-state index contributed by atoms with van der Waals surface area (Å²) in [6, 6.07) is -1.59. The Morgan fingerprint density at radius 1 is 1.67 bits per heavy atom. The van der Waals surface area contributed by atoms with Crippen molar-refractivity contribution < 1.29 is 14.0 Å². The van der Waals surface area contributed by atoms with Gasteiger partial charge >= 0.3 is 6.04 Å². The van der Waals surface area contributed by atoms with Crippen molar-refractivity contribution in [3.63, 3.8) is 0 Å². The number of rotatable bonds is 2. The van der Waals surface area contributed by atoms with Crippen LogP contribution in [0.1, 0.15) is 17.4 Å². The number of nitrogens with one attached hydrogen (secondary N) is 1. The number of nitrogens with zero attached hydrogens (tertiary/aromatic N) is 1. The second kappa shape index (κ2) is 3.40. The first-order valence-electron chi connectivity index (χ1n) is 3.02. The molecular formula is C6H5FN2O2S. The van der Waals surface area contributed by atoms with Crippen LogP contribution in [0, 0.1) is 0 Å². The van der Waals surface area contributed by atoms with E-state index in [0.717, 1.165) is 11.3 Å². The van der Waals surface area contributed by atoms with Gasteiger partial charge in [0.1, 0.15) is 0 Å². The predicted octanol–water partition coefficient (Wildman–Crippen LogP) is 1.21. The van der Waals surface area contributed by atoms with Crippen molar-refractivity contribution in [2.45, 2.75) is 6.92 Å². The second-order valence-electron chi connectivity index (χ2n) is 1.99. The first kappa shape index (κ1) is 8.79. The smallest absolute Gasteiger partial charge is 0.302 e. The maximum Gasteiger partial charge on any atom is 0.351 e. The van der Waals surface area contributed by atoms with E-state index in [0.29, 0.717) is 0 Å². The summed E-state index contributed by atoms with van der Waals surface area (Å²) in [6.45, 7) is 1.30. The van der Waals surface area contributed by atoms with E-state index in [1.54, 1.807) is 0 Å². The van der Waals surface area contributed by atoms with Gasteiger partial charge in [-0.3, -0.25) is 9.59 Å². The molecule has 1 heterocycles. The molecule has 0 radical (unpaired) electrons. The zero-order valence-corrected chi connectivity index (χ0v) is 6.94. The number of halogens is 1. The monoisotopic (exact) mass is 188 g/mol. The molecule has 0 aliphatic carbocycles. The third kappa shape index (κ3) is 2.09. The van der Waals surface area contributed by atoms with Gasteiger partial charge in [-0.05, 0) is 0 Å². The van der Waals surface area contributed by atoms with E-state index in [4.69, 9.17) is 0 Å². The largest absolute Gasteiger partial charge is 0.351 e. The summed E-state index contributed by atoms with van der Waals surface area (Å²) in [5.74, 6) is -0.304. The van der Waals surface area contributed by atoms with Crippen molar-refractivity contribution in [1.82, 2.24) is 4.98 Å². The molecule has 6 heteroatoms. The number of thiazole rings is 1. The van der Waals surface area contributed by atoms with E-state index in [1.165, 1.54) is 12.3 Å². The van der Waals surface area contributed by atoms with Gasteiger partial charge in [-0.25, -0.2) is 4.98 Å². The fraction of sp³-hybridized carbons (Fsp3) is 0.167. The first-order chi connectivity index (χ1) is 5.59. The fourth-order valence-corrected chi connectivity index (χ4v) is 1.29. The van der Waals surface area contributed by atoms with Gasteiger partial charge in [0.15, 0.2) is 10.8 Å². The molecule has 64 valence electrons. The topological polar surface area (TPSA) is 59.1 Å². The Morgan fingerprint density at radius 3 is 2.75 bits per heavy atom. The van der Waals surface area contributed by atoms with E-state index in [-0.39, 0.29) is 16.7 Å². The SMILES string of the molecule is CC(=O)Nc1nc(C(=O)F)cs1. The molecule has 4 nitrogen and oxygen atoms in total. The third-order valence-electron chi connectivity index (χ3n) is 0.989. The zero-order chi connectivity index (χ0) is 9.14. The van der Waals surface area contributed by atoms with Crippen molar-refractivity contribution in [2.75, 3.05) is 5.32 Å². The van der Waals surface area contributed by atoms with Gasteiger partial charge in [0, 0.05) is 12.3 Å². The maximum absolute atomic E-state index is 12.0. The van der Waals surface area contributed by atoms with Gasteiger partial charge in [-0.2, -0.15) is 4.39 Å². The number of hydrogen-bond donors (Lipinski definition) is 1. The quantitative estimate of drug-likeness (QED) is 0.709. The molecule has 0 spiro atoms. The zero-order valence-electron chi connectivity index (χ0n) is 6.13. The van der Waals surface area contributed by atoms with Crippen molar-refractivity contribution in [3.05, 3.63) is 11.1 Å². The highest BCUT2D eigenvalue weighted by molar-refractivity contribution is 7.14. The minimum absolute atomic E-state index is 0.225. The number of aromatic nitrogens is 1. The van der Waals surface area contributed by atoms with Gasteiger partial charge in [-0.1, -0.05) is 0 Å². The molecule has 1 amide bonds. The van der Waals surface area contributed by atoms with E-state index in [1.807, 2.05) is 0 Å². The molecule has 0 fully saturated rings. The molecule has 12 heavy (non-hydrogen) atoms. The Kier molecular flexibility index (Phi) is 2.49. The molecule has 0 bridgehead atoms. The Morgan fingerprint density at radius 2 is 2.33 bits per heavy atom. The van der Waals surface area contributed by atoms with Gasteiger partial charge in [0.2, 0.25) is 5.91 Å². The minimum atomic E-state index is -1.59. The molecule has 1 aromatic rings. The average molecular weight is 188 g/mol. The lowest BCUT2D eigenvalue weighted by Gasteiger charge is -1.91.